The molecule has 0 unspecified atom stereocenters. The van der Waals surface area contributed by atoms with Gasteiger partial charge in [0.15, 0.2) is 0 Å². The molecular formula is C20H19ClN2O2. The van der Waals surface area contributed by atoms with Crippen molar-refractivity contribution in [1.29, 1.82) is 0 Å². The summed E-state index contributed by atoms with van der Waals surface area (Å²) in [7, 11) is 0. The largest absolute Gasteiger partial charge is 0.322 e. The Morgan fingerprint density at radius 1 is 1.08 bits per heavy atom. The molecule has 2 aromatic rings. The zero-order valence-electron chi connectivity index (χ0n) is 14.1. The molecule has 0 fully saturated rings. The highest BCUT2D eigenvalue weighted by molar-refractivity contribution is 6.30. The maximum atomic E-state index is 13.0. The van der Waals surface area contributed by atoms with E-state index in [4.69, 9.17) is 11.6 Å². The van der Waals surface area contributed by atoms with E-state index >= 15 is 0 Å². The number of benzene rings is 2. The van der Waals surface area contributed by atoms with E-state index in [1.807, 2.05) is 44.2 Å². The second-order valence-corrected chi connectivity index (χ2v) is 6.74. The minimum Gasteiger partial charge on any atom is -0.322 e. The second kappa shape index (κ2) is 7.11. The lowest BCUT2D eigenvalue weighted by atomic mass is 9.98. The molecule has 1 heterocycles. The topological polar surface area (TPSA) is 49.4 Å². The van der Waals surface area contributed by atoms with Crippen LogP contribution in [0.15, 0.2) is 60.8 Å². The van der Waals surface area contributed by atoms with Crippen molar-refractivity contribution in [2.45, 2.75) is 19.9 Å². The molecule has 0 aromatic heterocycles. The fraction of sp³-hybridized carbons (Fsp3) is 0.200. The monoisotopic (exact) mass is 354 g/mol. The molecule has 0 saturated heterocycles. The Morgan fingerprint density at radius 2 is 1.72 bits per heavy atom. The van der Waals surface area contributed by atoms with Crippen LogP contribution >= 0.6 is 11.6 Å². The van der Waals surface area contributed by atoms with Crippen LogP contribution in [-0.2, 0) is 4.79 Å². The minimum atomic E-state index is -0.560. The Labute approximate surface area is 152 Å². The predicted octanol–water partition coefficient (Wildman–Crippen LogP) is 3.94. The Hall–Kier alpha value is -2.59. The van der Waals surface area contributed by atoms with Gasteiger partial charge in [-0.1, -0.05) is 55.8 Å². The molecule has 5 heteroatoms. The van der Waals surface area contributed by atoms with Crippen molar-refractivity contribution < 1.29 is 9.59 Å². The first-order chi connectivity index (χ1) is 12.0. The summed E-state index contributed by atoms with van der Waals surface area (Å²) < 4.78 is 0. The van der Waals surface area contributed by atoms with Crippen molar-refractivity contribution in [2.24, 2.45) is 5.92 Å². The number of rotatable bonds is 3. The van der Waals surface area contributed by atoms with Gasteiger partial charge in [0, 0.05) is 16.8 Å². The first-order valence-corrected chi connectivity index (χ1v) is 8.51. The summed E-state index contributed by atoms with van der Waals surface area (Å²) in [4.78, 5) is 27.2. The van der Waals surface area contributed by atoms with Crippen LogP contribution in [0.2, 0.25) is 5.02 Å². The summed E-state index contributed by atoms with van der Waals surface area (Å²) in [6.07, 6.45) is 1.72. The van der Waals surface area contributed by atoms with Crippen LogP contribution in [0.4, 0.5) is 0 Å². The predicted molar refractivity (Wildman–Crippen MR) is 98.8 cm³/mol. The minimum absolute atomic E-state index is 0.0233. The summed E-state index contributed by atoms with van der Waals surface area (Å²) in [5, 5.41) is 3.48. The molecule has 3 rings (SSSR count). The highest BCUT2D eigenvalue weighted by Gasteiger charge is 2.36. The molecule has 1 aliphatic rings. The Kier molecular flexibility index (Phi) is 4.91. The number of carbonyl (C=O) groups is 2. The van der Waals surface area contributed by atoms with E-state index in [1.54, 1.807) is 30.5 Å². The number of hydrogen-bond donors (Lipinski definition) is 1. The molecule has 1 N–H and O–H groups in total. The highest BCUT2D eigenvalue weighted by atomic mass is 35.5. The summed E-state index contributed by atoms with van der Waals surface area (Å²) in [5.41, 5.74) is 1.96. The molecule has 0 bridgehead atoms. The van der Waals surface area contributed by atoms with Crippen molar-refractivity contribution in [2.75, 3.05) is 0 Å². The lowest BCUT2D eigenvalue weighted by molar-refractivity contribution is -0.125. The maximum absolute atomic E-state index is 13.0. The lowest BCUT2D eigenvalue weighted by Gasteiger charge is -2.35. The quantitative estimate of drug-likeness (QED) is 0.907. The number of nitrogens with zero attached hydrogens (tertiary/aromatic N) is 1. The summed E-state index contributed by atoms with van der Waals surface area (Å²) in [5.74, 6) is -0.429. The number of nitrogens with one attached hydrogen (secondary N) is 1. The van der Waals surface area contributed by atoms with Crippen LogP contribution in [0, 0.1) is 5.92 Å². The molecule has 0 aliphatic carbocycles. The van der Waals surface area contributed by atoms with E-state index in [0.29, 0.717) is 16.3 Å². The van der Waals surface area contributed by atoms with E-state index in [2.05, 4.69) is 5.32 Å². The van der Waals surface area contributed by atoms with E-state index in [0.717, 1.165) is 5.56 Å². The first kappa shape index (κ1) is 17.2. The zero-order valence-corrected chi connectivity index (χ0v) is 14.8. The zero-order chi connectivity index (χ0) is 18.0. The molecule has 4 nitrogen and oxygen atoms in total. The van der Waals surface area contributed by atoms with Crippen LogP contribution < -0.4 is 5.32 Å². The van der Waals surface area contributed by atoms with Gasteiger partial charge in [-0.25, -0.2) is 0 Å². The molecule has 1 aliphatic heterocycles. The molecule has 128 valence electrons. The highest BCUT2D eigenvalue weighted by Crippen LogP contribution is 2.25. The maximum Gasteiger partial charge on any atom is 0.258 e. The van der Waals surface area contributed by atoms with Crippen LogP contribution in [0.25, 0.3) is 5.70 Å². The van der Waals surface area contributed by atoms with Crippen molar-refractivity contribution in [3.05, 3.63) is 76.9 Å². The van der Waals surface area contributed by atoms with Crippen LogP contribution in [-0.4, -0.2) is 22.8 Å². The average molecular weight is 355 g/mol. The molecule has 25 heavy (non-hydrogen) atoms. The first-order valence-electron chi connectivity index (χ1n) is 8.13. The summed E-state index contributed by atoms with van der Waals surface area (Å²) in [6.45, 7) is 3.85. The SMILES string of the molecule is CC(C)[C@H]1C(=O)NC(c2ccccc2)=CN1C(=O)c1ccc(Cl)cc1. The fourth-order valence-corrected chi connectivity index (χ4v) is 3.03. The lowest BCUT2D eigenvalue weighted by Crippen LogP contribution is -2.53. The smallest absolute Gasteiger partial charge is 0.258 e. The van der Waals surface area contributed by atoms with Crippen molar-refractivity contribution in [3.8, 4) is 0 Å². The number of hydrogen-bond acceptors (Lipinski definition) is 2. The van der Waals surface area contributed by atoms with Gasteiger partial charge in [-0.2, -0.15) is 0 Å². The van der Waals surface area contributed by atoms with Crippen LogP contribution in [0.3, 0.4) is 0 Å². The van der Waals surface area contributed by atoms with E-state index in [9.17, 15) is 9.59 Å². The molecule has 0 spiro atoms. The van der Waals surface area contributed by atoms with Crippen molar-refractivity contribution in [1.82, 2.24) is 10.2 Å². The fourth-order valence-electron chi connectivity index (χ4n) is 2.90. The van der Waals surface area contributed by atoms with Gasteiger partial charge < -0.3 is 10.2 Å². The van der Waals surface area contributed by atoms with Gasteiger partial charge in [-0.05, 0) is 35.7 Å². The summed E-state index contributed by atoms with van der Waals surface area (Å²) >= 11 is 5.91. The van der Waals surface area contributed by atoms with E-state index in [-0.39, 0.29) is 17.7 Å². The van der Waals surface area contributed by atoms with Crippen LogP contribution in [0.5, 0.6) is 0 Å². The van der Waals surface area contributed by atoms with Gasteiger partial charge in [0.05, 0.1) is 5.70 Å². The Morgan fingerprint density at radius 3 is 2.32 bits per heavy atom. The van der Waals surface area contributed by atoms with Gasteiger partial charge in [0.25, 0.3) is 5.91 Å². The molecule has 1 atom stereocenters. The van der Waals surface area contributed by atoms with Crippen molar-refractivity contribution >= 4 is 29.1 Å². The standard InChI is InChI=1S/C20H19ClN2O2/c1-13(2)18-19(24)22-17(14-6-4-3-5-7-14)12-23(18)20(25)15-8-10-16(21)11-9-15/h3-13,18H,1-2H3,(H,22,24)/t18-/m0/s1. The third-order valence-corrected chi connectivity index (χ3v) is 4.39. The summed E-state index contributed by atoms with van der Waals surface area (Å²) in [6, 6.07) is 15.6. The molecule has 0 saturated carbocycles. The van der Waals surface area contributed by atoms with E-state index in [1.165, 1.54) is 4.90 Å². The normalized spacial score (nSPS) is 17.3. The third-order valence-electron chi connectivity index (χ3n) is 4.14. The third kappa shape index (κ3) is 3.59. The molecule has 0 radical (unpaired) electrons. The van der Waals surface area contributed by atoms with Crippen LogP contribution in [0.1, 0.15) is 29.8 Å². The Bertz CT molecular complexity index is 813. The number of amides is 2. The number of carbonyl (C=O) groups excluding carboxylic acids is 2. The van der Waals surface area contributed by atoms with Gasteiger partial charge in [0.1, 0.15) is 6.04 Å². The number of halogens is 1. The van der Waals surface area contributed by atoms with Gasteiger partial charge in [-0.3, -0.25) is 9.59 Å². The average Bonchev–Trinajstić information content (AvgIpc) is 2.61. The molecule has 2 amide bonds. The van der Waals surface area contributed by atoms with Gasteiger partial charge >= 0.3 is 0 Å². The van der Waals surface area contributed by atoms with Gasteiger partial charge in [0.2, 0.25) is 5.91 Å². The Balaban J connectivity index is 2.02. The van der Waals surface area contributed by atoms with Crippen molar-refractivity contribution in [3.63, 3.8) is 0 Å². The molecular weight excluding hydrogens is 336 g/mol. The second-order valence-electron chi connectivity index (χ2n) is 6.31. The van der Waals surface area contributed by atoms with E-state index < -0.39 is 6.04 Å². The molecule has 2 aromatic carbocycles. The van der Waals surface area contributed by atoms with Gasteiger partial charge in [-0.15, -0.1) is 0 Å².